The predicted molar refractivity (Wildman–Crippen MR) is 74.2 cm³/mol. The van der Waals surface area contributed by atoms with Crippen LogP contribution < -0.4 is 5.32 Å². The van der Waals surface area contributed by atoms with Crippen molar-refractivity contribution in [3.05, 3.63) is 0 Å². The molecule has 0 bridgehead atoms. The van der Waals surface area contributed by atoms with Gasteiger partial charge < -0.3 is 10.4 Å². The van der Waals surface area contributed by atoms with Gasteiger partial charge in [0, 0.05) is 6.04 Å². The van der Waals surface area contributed by atoms with Crippen LogP contribution in [0.5, 0.6) is 0 Å². The molecule has 0 radical (unpaired) electrons. The van der Waals surface area contributed by atoms with Crippen LogP contribution in [0.15, 0.2) is 0 Å². The van der Waals surface area contributed by atoms with Gasteiger partial charge in [-0.05, 0) is 45.1 Å². The first-order valence-corrected chi connectivity index (χ1v) is 7.53. The lowest BCUT2D eigenvalue weighted by atomic mass is 9.75. The van der Waals surface area contributed by atoms with Gasteiger partial charge in [0.05, 0.1) is 5.60 Å². The Morgan fingerprint density at radius 3 is 2.41 bits per heavy atom. The van der Waals surface area contributed by atoms with E-state index >= 15 is 0 Å². The smallest absolute Gasteiger partial charge is 0.0651 e. The van der Waals surface area contributed by atoms with E-state index in [9.17, 15) is 5.11 Å². The highest BCUT2D eigenvalue weighted by molar-refractivity contribution is 4.89. The molecule has 0 aromatic heterocycles. The van der Waals surface area contributed by atoms with Crippen LogP contribution in [0, 0.1) is 5.92 Å². The van der Waals surface area contributed by atoms with Crippen LogP contribution in [0.4, 0.5) is 0 Å². The number of aliphatic hydroxyl groups is 1. The fraction of sp³-hybridized carbons (Fsp3) is 1.00. The van der Waals surface area contributed by atoms with Crippen LogP contribution in [0.25, 0.3) is 0 Å². The van der Waals surface area contributed by atoms with Gasteiger partial charge in [-0.15, -0.1) is 0 Å². The van der Waals surface area contributed by atoms with Gasteiger partial charge in [0.25, 0.3) is 0 Å². The number of unbranched alkanes of at least 4 members (excludes halogenated alkanes) is 1. The summed E-state index contributed by atoms with van der Waals surface area (Å²) in [4.78, 5) is 0. The van der Waals surface area contributed by atoms with E-state index in [1.54, 1.807) is 0 Å². The number of nitrogens with one attached hydrogen (secondary N) is 1. The van der Waals surface area contributed by atoms with Crippen molar-refractivity contribution in [2.45, 2.75) is 83.3 Å². The molecule has 2 nitrogen and oxygen atoms in total. The summed E-state index contributed by atoms with van der Waals surface area (Å²) in [6, 6.07) is 0.631. The molecule has 0 amide bonds. The minimum Gasteiger partial charge on any atom is -0.390 e. The quantitative estimate of drug-likeness (QED) is 0.715. The molecule has 1 unspecified atom stereocenters. The van der Waals surface area contributed by atoms with E-state index in [4.69, 9.17) is 0 Å². The van der Waals surface area contributed by atoms with E-state index in [0.29, 0.717) is 6.04 Å². The second-order valence-electron chi connectivity index (χ2n) is 5.91. The average molecular weight is 241 g/mol. The number of rotatable bonds is 7. The molecule has 2 N–H and O–H groups in total. The third kappa shape index (κ3) is 4.97. The van der Waals surface area contributed by atoms with Crippen LogP contribution in [0.3, 0.4) is 0 Å². The summed E-state index contributed by atoms with van der Waals surface area (Å²) >= 11 is 0. The molecule has 0 saturated heterocycles. The minimum absolute atomic E-state index is 0.359. The molecule has 1 aliphatic carbocycles. The van der Waals surface area contributed by atoms with Crippen molar-refractivity contribution in [3.63, 3.8) is 0 Å². The summed E-state index contributed by atoms with van der Waals surface area (Å²) in [5.74, 6) is 0.728. The van der Waals surface area contributed by atoms with Gasteiger partial charge in [0.2, 0.25) is 0 Å². The second kappa shape index (κ2) is 7.38. The summed E-state index contributed by atoms with van der Waals surface area (Å²) in [6.45, 7) is 4.52. The topological polar surface area (TPSA) is 32.3 Å². The average Bonchev–Trinajstić information content (AvgIpc) is 2.35. The highest BCUT2D eigenvalue weighted by Crippen LogP contribution is 2.35. The van der Waals surface area contributed by atoms with Crippen LogP contribution in [-0.2, 0) is 0 Å². The number of hydrogen-bond acceptors (Lipinski definition) is 2. The first kappa shape index (κ1) is 15.0. The Kier molecular flexibility index (Phi) is 6.50. The highest BCUT2D eigenvalue weighted by atomic mass is 16.3. The van der Waals surface area contributed by atoms with E-state index in [2.05, 4.69) is 19.2 Å². The Bertz CT molecular complexity index is 197. The number of hydrogen-bond donors (Lipinski definition) is 2. The molecule has 0 aromatic carbocycles. The van der Waals surface area contributed by atoms with Gasteiger partial charge in [-0.3, -0.25) is 0 Å². The van der Waals surface area contributed by atoms with Crippen molar-refractivity contribution in [1.82, 2.24) is 5.32 Å². The molecule has 102 valence electrons. The Labute approximate surface area is 107 Å². The van der Waals surface area contributed by atoms with Crippen molar-refractivity contribution < 1.29 is 5.11 Å². The first-order chi connectivity index (χ1) is 8.13. The third-order valence-corrected chi connectivity index (χ3v) is 4.54. The summed E-state index contributed by atoms with van der Waals surface area (Å²) in [5.41, 5.74) is -0.359. The maximum atomic E-state index is 10.7. The maximum Gasteiger partial charge on any atom is 0.0651 e. The largest absolute Gasteiger partial charge is 0.390 e. The molecule has 17 heavy (non-hydrogen) atoms. The highest BCUT2D eigenvalue weighted by Gasteiger charge is 2.34. The van der Waals surface area contributed by atoms with Crippen LogP contribution >= 0.6 is 0 Å². The zero-order valence-electron chi connectivity index (χ0n) is 12.0. The summed E-state index contributed by atoms with van der Waals surface area (Å²) in [7, 11) is 2.03. The summed E-state index contributed by atoms with van der Waals surface area (Å²) in [5, 5.41) is 14.0. The Morgan fingerprint density at radius 1 is 1.29 bits per heavy atom. The van der Waals surface area contributed by atoms with E-state index in [0.717, 1.165) is 38.0 Å². The maximum absolute atomic E-state index is 10.7. The van der Waals surface area contributed by atoms with Crippen LogP contribution in [0.2, 0.25) is 0 Å². The molecule has 1 fully saturated rings. The van der Waals surface area contributed by atoms with Gasteiger partial charge >= 0.3 is 0 Å². The van der Waals surface area contributed by atoms with Gasteiger partial charge in [-0.25, -0.2) is 0 Å². The van der Waals surface area contributed by atoms with Gasteiger partial charge in [-0.2, -0.15) is 0 Å². The molecule has 1 atom stereocenters. The van der Waals surface area contributed by atoms with E-state index < -0.39 is 0 Å². The lowest BCUT2D eigenvalue weighted by Crippen LogP contribution is -2.41. The molecule has 1 aliphatic rings. The van der Waals surface area contributed by atoms with Crippen molar-refractivity contribution in [1.29, 1.82) is 0 Å². The van der Waals surface area contributed by atoms with E-state index in [1.165, 1.54) is 25.7 Å². The van der Waals surface area contributed by atoms with Crippen molar-refractivity contribution in [2.75, 3.05) is 7.05 Å². The van der Waals surface area contributed by atoms with Crippen molar-refractivity contribution in [2.24, 2.45) is 5.92 Å². The Balaban J connectivity index is 2.37. The van der Waals surface area contributed by atoms with Crippen LogP contribution in [0.1, 0.15) is 71.6 Å². The fourth-order valence-electron chi connectivity index (χ4n) is 3.13. The SMILES string of the molecule is CCCCC(CC)CC1(O)CCC(NC)CC1. The van der Waals surface area contributed by atoms with E-state index in [-0.39, 0.29) is 5.60 Å². The lowest BCUT2D eigenvalue weighted by Gasteiger charge is -2.38. The summed E-state index contributed by atoms with van der Waals surface area (Å²) < 4.78 is 0. The standard InChI is InChI=1S/C15H31NO/c1-4-6-7-13(5-2)12-15(17)10-8-14(16-3)9-11-15/h13-14,16-17H,4-12H2,1-3H3. The lowest BCUT2D eigenvalue weighted by molar-refractivity contribution is -0.0251. The second-order valence-corrected chi connectivity index (χ2v) is 5.91. The molecule has 0 aromatic rings. The molecular weight excluding hydrogens is 210 g/mol. The van der Waals surface area contributed by atoms with Crippen molar-refractivity contribution >= 4 is 0 Å². The Morgan fingerprint density at radius 2 is 1.94 bits per heavy atom. The first-order valence-electron chi connectivity index (χ1n) is 7.53. The predicted octanol–water partition coefficient (Wildman–Crippen LogP) is 3.49. The monoisotopic (exact) mass is 241 g/mol. The minimum atomic E-state index is -0.359. The molecular formula is C15H31NO. The van der Waals surface area contributed by atoms with Crippen molar-refractivity contribution in [3.8, 4) is 0 Å². The Hall–Kier alpha value is -0.0800. The molecule has 1 rings (SSSR count). The molecule has 1 saturated carbocycles. The summed E-state index contributed by atoms with van der Waals surface area (Å²) in [6.07, 6.45) is 10.4. The molecule has 0 aliphatic heterocycles. The zero-order valence-corrected chi connectivity index (χ0v) is 12.0. The molecule has 0 heterocycles. The zero-order chi connectivity index (χ0) is 12.7. The fourth-order valence-corrected chi connectivity index (χ4v) is 3.13. The molecule has 2 heteroatoms. The van der Waals surface area contributed by atoms with E-state index in [1.807, 2.05) is 7.05 Å². The van der Waals surface area contributed by atoms with Crippen LogP contribution in [-0.4, -0.2) is 23.8 Å². The third-order valence-electron chi connectivity index (χ3n) is 4.54. The van der Waals surface area contributed by atoms with Gasteiger partial charge in [0.15, 0.2) is 0 Å². The normalized spacial score (nSPS) is 31.4. The van der Waals surface area contributed by atoms with Gasteiger partial charge in [0.1, 0.15) is 0 Å². The van der Waals surface area contributed by atoms with Gasteiger partial charge in [-0.1, -0.05) is 39.5 Å². The molecule has 0 spiro atoms.